The van der Waals surface area contributed by atoms with Gasteiger partial charge in [0.15, 0.2) is 0 Å². The number of hydrogen-bond donors (Lipinski definition) is 3. The van der Waals surface area contributed by atoms with Crippen molar-refractivity contribution >= 4 is 0 Å². The quantitative estimate of drug-likeness (QED) is 0.715. The van der Waals surface area contributed by atoms with Crippen molar-refractivity contribution in [2.45, 2.75) is 43.5 Å². The van der Waals surface area contributed by atoms with Crippen molar-refractivity contribution in [3.63, 3.8) is 0 Å². The maximum absolute atomic E-state index is 10.3. The third-order valence-electron chi connectivity index (χ3n) is 3.89. The third kappa shape index (κ3) is 1.98. The molecule has 0 bridgehead atoms. The van der Waals surface area contributed by atoms with E-state index in [9.17, 15) is 10.2 Å². The van der Waals surface area contributed by atoms with E-state index in [-0.39, 0.29) is 12.7 Å². The average Bonchev–Trinajstić information content (AvgIpc) is 2.77. The van der Waals surface area contributed by atoms with Gasteiger partial charge >= 0.3 is 0 Å². The molecule has 5 nitrogen and oxygen atoms in total. The van der Waals surface area contributed by atoms with Crippen molar-refractivity contribution in [3.8, 4) is 0 Å². The molecule has 4 atom stereocenters. The molecule has 0 aromatic heterocycles. The highest BCUT2D eigenvalue weighted by atomic mass is 16.7. The molecule has 5 heteroatoms. The zero-order valence-corrected chi connectivity index (χ0v) is 10.5. The normalized spacial score (nSPS) is 37.5. The van der Waals surface area contributed by atoms with Crippen LogP contribution in [0.15, 0.2) is 24.3 Å². The molecule has 0 radical (unpaired) electrons. The summed E-state index contributed by atoms with van der Waals surface area (Å²) in [4.78, 5) is 0. The highest BCUT2D eigenvalue weighted by molar-refractivity contribution is 5.35. The van der Waals surface area contributed by atoms with E-state index in [1.807, 2.05) is 24.3 Å². The Kier molecular flexibility index (Phi) is 3.32. The summed E-state index contributed by atoms with van der Waals surface area (Å²) >= 11 is 0. The molecule has 0 saturated carbocycles. The van der Waals surface area contributed by atoms with Crippen LogP contribution in [0.25, 0.3) is 0 Å². The van der Waals surface area contributed by atoms with Gasteiger partial charge in [-0.3, -0.25) is 0 Å². The molecule has 2 aliphatic heterocycles. The molecular weight excluding hydrogens is 248 g/mol. The Morgan fingerprint density at radius 2 is 2.05 bits per heavy atom. The summed E-state index contributed by atoms with van der Waals surface area (Å²) in [5.74, 6) is -1.30. The van der Waals surface area contributed by atoms with Crippen molar-refractivity contribution in [1.29, 1.82) is 0 Å². The van der Waals surface area contributed by atoms with Gasteiger partial charge in [-0.2, -0.15) is 0 Å². The van der Waals surface area contributed by atoms with Gasteiger partial charge in [0.25, 0.3) is 0 Å². The van der Waals surface area contributed by atoms with Crippen LogP contribution in [-0.2, 0) is 21.9 Å². The number of rotatable bonds is 2. The summed E-state index contributed by atoms with van der Waals surface area (Å²) in [6.45, 7) is 0.330. The van der Waals surface area contributed by atoms with Crippen LogP contribution in [0, 0.1) is 0 Å². The fourth-order valence-electron chi connectivity index (χ4n) is 2.93. The lowest BCUT2D eigenvalue weighted by Crippen LogP contribution is -2.55. The predicted octanol–water partition coefficient (Wildman–Crippen LogP) is 0.263. The first-order valence-corrected chi connectivity index (χ1v) is 6.54. The smallest absolute Gasteiger partial charge is 0.225 e. The topological polar surface area (TPSA) is 79.2 Å². The fourth-order valence-corrected chi connectivity index (χ4v) is 2.93. The highest BCUT2D eigenvalue weighted by Crippen LogP contribution is 2.45. The van der Waals surface area contributed by atoms with Crippen LogP contribution in [0.2, 0.25) is 0 Å². The van der Waals surface area contributed by atoms with E-state index in [4.69, 9.17) is 14.6 Å². The van der Waals surface area contributed by atoms with E-state index in [0.717, 1.165) is 11.1 Å². The number of hydrogen-bond acceptors (Lipinski definition) is 5. The molecule has 19 heavy (non-hydrogen) atoms. The summed E-state index contributed by atoms with van der Waals surface area (Å²) in [6.07, 6.45) is -1.65. The molecule has 104 valence electrons. The first-order chi connectivity index (χ1) is 9.17. The Hall–Kier alpha value is -0.980. The second-order valence-electron chi connectivity index (χ2n) is 5.11. The van der Waals surface area contributed by atoms with Crippen LogP contribution in [0.1, 0.15) is 24.0 Å². The fraction of sp³-hybridized carbons (Fsp3) is 0.571. The standard InChI is InChI=1S/C14H18O5/c15-6-5-10-7-12(16)13(17)14(19-10)11-4-2-1-3-9(11)8-18-14/h1-4,10,12-13,15-17H,5-8H2/t10-,12-,13+,14+/m0/s1. The zero-order chi connectivity index (χ0) is 13.5. The second kappa shape index (κ2) is 4.85. The Morgan fingerprint density at radius 3 is 2.84 bits per heavy atom. The number of aliphatic hydroxyl groups excluding tert-OH is 3. The Morgan fingerprint density at radius 1 is 1.26 bits per heavy atom. The van der Waals surface area contributed by atoms with Crippen LogP contribution in [-0.4, -0.2) is 40.2 Å². The predicted molar refractivity (Wildman–Crippen MR) is 66.1 cm³/mol. The lowest BCUT2D eigenvalue weighted by Gasteiger charge is -2.44. The van der Waals surface area contributed by atoms with Gasteiger partial charge in [0.05, 0.1) is 18.8 Å². The van der Waals surface area contributed by atoms with Crippen molar-refractivity contribution in [2.75, 3.05) is 6.61 Å². The third-order valence-corrected chi connectivity index (χ3v) is 3.89. The van der Waals surface area contributed by atoms with Gasteiger partial charge < -0.3 is 24.8 Å². The van der Waals surface area contributed by atoms with E-state index in [1.165, 1.54) is 0 Å². The van der Waals surface area contributed by atoms with Crippen LogP contribution in [0.4, 0.5) is 0 Å². The van der Waals surface area contributed by atoms with Gasteiger partial charge in [-0.05, 0) is 12.0 Å². The molecule has 2 aliphatic rings. The summed E-state index contributed by atoms with van der Waals surface area (Å²) in [5.41, 5.74) is 1.72. The van der Waals surface area contributed by atoms with Gasteiger partial charge in [0, 0.05) is 18.6 Å². The zero-order valence-electron chi connectivity index (χ0n) is 10.5. The van der Waals surface area contributed by atoms with E-state index in [2.05, 4.69) is 0 Å². The molecule has 3 rings (SSSR count). The monoisotopic (exact) mass is 266 g/mol. The minimum Gasteiger partial charge on any atom is -0.396 e. The molecule has 0 aliphatic carbocycles. The minimum absolute atomic E-state index is 0.0226. The van der Waals surface area contributed by atoms with Gasteiger partial charge in [-0.15, -0.1) is 0 Å². The maximum Gasteiger partial charge on any atom is 0.225 e. The van der Waals surface area contributed by atoms with Crippen LogP contribution >= 0.6 is 0 Å². The lowest BCUT2D eigenvalue weighted by atomic mass is 9.88. The van der Waals surface area contributed by atoms with Crippen molar-refractivity contribution in [1.82, 2.24) is 0 Å². The molecule has 3 N–H and O–H groups in total. The van der Waals surface area contributed by atoms with Crippen LogP contribution in [0.3, 0.4) is 0 Å². The minimum atomic E-state index is -1.30. The Bertz CT molecular complexity index is 463. The SMILES string of the molecule is OCC[C@H]1C[C@H](O)[C@@H](O)[C@]2(OCc3ccccc32)O1. The molecule has 1 spiro atoms. The summed E-state index contributed by atoms with van der Waals surface area (Å²) in [6, 6.07) is 7.52. The largest absolute Gasteiger partial charge is 0.396 e. The van der Waals surface area contributed by atoms with E-state index < -0.39 is 18.0 Å². The van der Waals surface area contributed by atoms with Gasteiger partial charge in [0.2, 0.25) is 5.79 Å². The van der Waals surface area contributed by atoms with Crippen LogP contribution < -0.4 is 0 Å². The van der Waals surface area contributed by atoms with E-state index in [1.54, 1.807) is 0 Å². The molecule has 1 aromatic carbocycles. The number of benzene rings is 1. The maximum atomic E-state index is 10.3. The van der Waals surface area contributed by atoms with Gasteiger partial charge in [0.1, 0.15) is 6.10 Å². The molecule has 2 heterocycles. The summed E-state index contributed by atoms with van der Waals surface area (Å²) in [5, 5.41) is 29.4. The molecule has 1 fully saturated rings. The van der Waals surface area contributed by atoms with Gasteiger partial charge in [-0.25, -0.2) is 0 Å². The van der Waals surface area contributed by atoms with Crippen molar-refractivity contribution in [2.24, 2.45) is 0 Å². The summed E-state index contributed by atoms with van der Waals surface area (Å²) < 4.78 is 11.6. The van der Waals surface area contributed by atoms with E-state index >= 15 is 0 Å². The highest BCUT2D eigenvalue weighted by Gasteiger charge is 2.54. The first kappa shape index (κ1) is 13.0. The van der Waals surface area contributed by atoms with Crippen LogP contribution in [0.5, 0.6) is 0 Å². The van der Waals surface area contributed by atoms with Gasteiger partial charge in [-0.1, -0.05) is 24.3 Å². The van der Waals surface area contributed by atoms with E-state index in [0.29, 0.717) is 19.4 Å². The Balaban J connectivity index is 1.97. The number of fused-ring (bicyclic) bond motifs is 2. The molecule has 0 unspecified atom stereocenters. The molecular formula is C14H18O5. The van der Waals surface area contributed by atoms with Crippen molar-refractivity contribution in [3.05, 3.63) is 35.4 Å². The first-order valence-electron chi connectivity index (χ1n) is 6.54. The molecule has 1 saturated heterocycles. The van der Waals surface area contributed by atoms with Crippen molar-refractivity contribution < 1.29 is 24.8 Å². The molecule has 0 amide bonds. The molecule has 1 aromatic rings. The lowest BCUT2D eigenvalue weighted by molar-refractivity contribution is -0.345. The number of aliphatic hydroxyl groups is 3. The number of ether oxygens (including phenoxy) is 2. The summed E-state index contributed by atoms with van der Waals surface area (Å²) in [7, 11) is 0. The average molecular weight is 266 g/mol. The second-order valence-corrected chi connectivity index (χ2v) is 5.11. The Labute approximate surface area is 111 Å².